The molecule has 2 N–H and O–H groups in total. The van der Waals surface area contributed by atoms with Gasteiger partial charge in [-0.05, 0) is 30.2 Å². The van der Waals surface area contributed by atoms with Gasteiger partial charge in [0, 0.05) is 24.8 Å². The number of halogens is 2. The number of hydrogen-bond donors (Lipinski definition) is 2. The van der Waals surface area contributed by atoms with E-state index in [-0.39, 0.29) is 18.3 Å². The molecule has 0 aliphatic carbocycles. The highest BCUT2D eigenvalue weighted by atomic mass is 19.3. The summed E-state index contributed by atoms with van der Waals surface area (Å²) in [5, 5.41) is 9.55. The minimum Gasteiger partial charge on any atom is -0.435 e. The van der Waals surface area contributed by atoms with Gasteiger partial charge in [0.05, 0.1) is 0 Å². The van der Waals surface area contributed by atoms with Gasteiger partial charge in [0.25, 0.3) is 0 Å². The zero-order valence-electron chi connectivity index (χ0n) is 14.8. The van der Waals surface area contributed by atoms with Crippen LogP contribution in [0.2, 0.25) is 0 Å². The summed E-state index contributed by atoms with van der Waals surface area (Å²) >= 11 is 0. The Balaban J connectivity index is 1.44. The average Bonchev–Trinajstić information content (AvgIpc) is 3.22. The van der Waals surface area contributed by atoms with Crippen molar-refractivity contribution in [2.45, 2.75) is 19.6 Å². The van der Waals surface area contributed by atoms with Crippen LogP contribution < -0.4 is 15.4 Å². The van der Waals surface area contributed by atoms with Gasteiger partial charge in [-0.2, -0.15) is 13.9 Å². The second kappa shape index (κ2) is 9.40. The van der Waals surface area contributed by atoms with E-state index < -0.39 is 6.61 Å². The van der Waals surface area contributed by atoms with Gasteiger partial charge in [-0.1, -0.05) is 18.2 Å². The van der Waals surface area contributed by atoms with Gasteiger partial charge in [0.15, 0.2) is 5.82 Å². The van der Waals surface area contributed by atoms with E-state index >= 15 is 0 Å². The van der Waals surface area contributed by atoms with Crippen LogP contribution >= 0.6 is 0 Å². The van der Waals surface area contributed by atoms with Crippen LogP contribution in [0, 0.1) is 0 Å². The number of hydrogen-bond acceptors (Lipinski definition) is 5. The maximum atomic E-state index is 12.1. The van der Waals surface area contributed by atoms with Gasteiger partial charge >= 0.3 is 12.6 Å². The smallest absolute Gasteiger partial charge is 0.387 e. The lowest BCUT2D eigenvalue weighted by atomic mass is 10.1. The number of nitrogens with zero attached hydrogens (tertiary/aromatic N) is 4. The predicted molar refractivity (Wildman–Crippen MR) is 96.2 cm³/mol. The number of urea groups is 1. The maximum Gasteiger partial charge on any atom is 0.387 e. The van der Waals surface area contributed by atoms with E-state index in [9.17, 15) is 13.6 Å². The molecule has 0 saturated carbocycles. The van der Waals surface area contributed by atoms with Crippen LogP contribution in [0.5, 0.6) is 5.75 Å². The van der Waals surface area contributed by atoms with E-state index in [1.165, 1.54) is 29.5 Å². The van der Waals surface area contributed by atoms with E-state index in [0.29, 0.717) is 18.8 Å². The van der Waals surface area contributed by atoms with Crippen molar-refractivity contribution in [3.05, 3.63) is 66.4 Å². The molecule has 0 unspecified atom stereocenters. The summed E-state index contributed by atoms with van der Waals surface area (Å²) in [6.45, 7) is -2.18. The second-order valence-corrected chi connectivity index (χ2v) is 5.71. The third kappa shape index (κ3) is 5.47. The Bertz CT molecular complexity index is 887. The van der Waals surface area contributed by atoms with Crippen molar-refractivity contribution in [1.82, 2.24) is 30.4 Å². The van der Waals surface area contributed by atoms with Crippen molar-refractivity contribution in [2.24, 2.45) is 0 Å². The molecule has 0 saturated heterocycles. The van der Waals surface area contributed by atoms with Crippen molar-refractivity contribution in [2.75, 3.05) is 6.54 Å². The van der Waals surface area contributed by atoms with Gasteiger partial charge in [-0.25, -0.2) is 19.4 Å². The molecule has 146 valence electrons. The van der Waals surface area contributed by atoms with Crippen LogP contribution in [0.1, 0.15) is 11.1 Å². The van der Waals surface area contributed by atoms with Crippen LogP contribution in [0.3, 0.4) is 0 Å². The minimum atomic E-state index is -2.85. The van der Waals surface area contributed by atoms with Gasteiger partial charge in [-0.15, -0.1) is 0 Å². The molecule has 0 fully saturated rings. The number of benzene rings is 1. The minimum absolute atomic E-state index is 0.101. The molecule has 10 heteroatoms. The van der Waals surface area contributed by atoms with E-state index in [0.717, 1.165) is 11.1 Å². The quantitative estimate of drug-likeness (QED) is 0.618. The van der Waals surface area contributed by atoms with Gasteiger partial charge in [-0.3, -0.25) is 0 Å². The molecule has 0 aliphatic heterocycles. The molecule has 1 aromatic carbocycles. The molecular formula is C18H18F2N6O2. The molecule has 0 atom stereocenters. The third-order valence-electron chi connectivity index (χ3n) is 3.79. The largest absolute Gasteiger partial charge is 0.435 e. The molecule has 2 heterocycles. The van der Waals surface area contributed by atoms with Crippen LogP contribution in [0.15, 0.2) is 55.2 Å². The summed E-state index contributed by atoms with van der Waals surface area (Å²) in [6.07, 6.45) is 5.13. The van der Waals surface area contributed by atoms with Crippen LogP contribution in [-0.4, -0.2) is 38.9 Å². The first kappa shape index (κ1) is 19.2. The van der Waals surface area contributed by atoms with E-state index in [1.54, 1.807) is 24.4 Å². The maximum absolute atomic E-state index is 12.1. The second-order valence-electron chi connectivity index (χ2n) is 5.71. The number of rotatable bonds is 8. The van der Waals surface area contributed by atoms with Crippen LogP contribution in [-0.2, 0) is 13.0 Å². The number of carbonyl (C=O) groups excluding carboxylic acids is 1. The lowest BCUT2D eigenvalue weighted by Crippen LogP contribution is -2.36. The van der Waals surface area contributed by atoms with Crippen LogP contribution in [0.25, 0.3) is 5.82 Å². The first-order chi connectivity index (χ1) is 13.6. The first-order valence-electron chi connectivity index (χ1n) is 8.46. The Kier molecular flexibility index (Phi) is 6.45. The number of aromatic nitrogens is 4. The summed E-state index contributed by atoms with van der Waals surface area (Å²) < 4.78 is 30.1. The predicted octanol–water partition coefficient (Wildman–Crippen LogP) is 2.31. The molecule has 0 aliphatic rings. The van der Waals surface area contributed by atoms with E-state index in [2.05, 4.69) is 30.4 Å². The summed E-state index contributed by atoms with van der Waals surface area (Å²) in [5.74, 6) is 0.690. The Morgan fingerprint density at radius 2 is 2.00 bits per heavy atom. The number of alkyl halides is 2. The number of ether oxygens (including phenoxy) is 1. The number of amides is 2. The summed E-state index contributed by atoms with van der Waals surface area (Å²) in [4.78, 5) is 20.1. The SMILES string of the molecule is O=C(NCCc1ccc(OC(F)F)cc1)NCc1cccnc1-n1cncn1. The molecule has 0 spiro atoms. The molecule has 0 bridgehead atoms. The van der Waals surface area contributed by atoms with Crippen LogP contribution in [0.4, 0.5) is 13.6 Å². The molecule has 2 aromatic heterocycles. The number of pyridine rings is 1. The molecule has 3 rings (SSSR count). The lowest BCUT2D eigenvalue weighted by molar-refractivity contribution is -0.0498. The summed E-state index contributed by atoms with van der Waals surface area (Å²) in [6, 6.07) is 9.58. The monoisotopic (exact) mass is 388 g/mol. The number of nitrogens with one attached hydrogen (secondary N) is 2. The summed E-state index contributed by atoms with van der Waals surface area (Å²) in [7, 11) is 0. The number of carbonyl (C=O) groups is 1. The van der Waals surface area contributed by atoms with Crippen molar-refractivity contribution < 1.29 is 18.3 Å². The summed E-state index contributed by atoms with van der Waals surface area (Å²) in [5.41, 5.74) is 1.68. The Morgan fingerprint density at radius 3 is 2.71 bits per heavy atom. The topological polar surface area (TPSA) is 94.0 Å². The van der Waals surface area contributed by atoms with Crippen molar-refractivity contribution in [1.29, 1.82) is 0 Å². The standard InChI is InChI=1S/C18H18F2N6O2/c19-17(20)28-15-5-3-13(4-6-15)7-9-23-18(27)24-10-14-2-1-8-22-16(14)26-12-21-11-25-26/h1-6,8,11-12,17H,7,9-10H2,(H2,23,24,27). The van der Waals surface area contributed by atoms with Gasteiger partial charge in [0.2, 0.25) is 0 Å². The third-order valence-corrected chi connectivity index (χ3v) is 3.79. The molecule has 2 amide bonds. The normalized spacial score (nSPS) is 10.7. The fraction of sp³-hybridized carbons (Fsp3) is 0.222. The fourth-order valence-corrected chi connectivity index (χ4v) is 2.49. The van der Waals surface area contributed by atoms with Gasteiger partial charge < -0.3 is 15.4 Å². The Labute approximate surface area is 159 Å². The van der Waals surface area contributed by atoms with Crippen molar-refractivity contribution >= 4 is 6.03 Å². The van der Waals surface area contributed by atoms with Crippen molar-refractivity contribution in [3.8, 4) is 11.6 Å². The highest BCUT2D eigenvalue weighted by molar-refractivity contribution is 5.73. The first-order valence-corrected chi connectivity index (χ1v) is 8.46. The van der Waals surface area contributed by atoms with E-state index in [1.807, 2.05) is 6.07 Å². The van der Waals surface area contributed by atoms with Gasteiger partial charge in [0.1, 0.15) is 18.4 Å². The fourth-order valence-electron chi connectivity index (χ4n) is 2.49. The highest BCUT2D eigenvalue weighted by Crippen LogP contribution is 2.15. The zero-order valence-corrected chi connectivity index (χ0v) is 14.8. The highest BCUT2D eigenvalue weighted by Gasteiger charge is 2.08. The van der Waals surface area contributed by atoms with E-state index in [4.69, 9.17) is 0 Å². The van der Waals surface area contributed by atoms with Crippen molar-refractivity contribution in [3.63, 3.8) is 0 Å². The molecular weight excluding hydrogens is 370 g/mol. The lowest BCUT2D eigenvalue weighted by Gasteiger charge is -2.10. The average molecular weight is 388 g/mol. The Hall–Kier alpha value is -3.56. The zero-order chi connectivity index (χ0) is 19.8. The molecule has 3 aromatic rings. The molecule has 8 nitrogen and oxygen atoms in total. The Morgan fingerprint density at radius 1 is 1.18 bits per heavy atom. The molecule has 0 radical (unpaired) electrons. The molecule has 28 heavy (non-hydrogen) atoms.